The fraction of sp³-hybridized carbons (Fsp3) is 0. The van der Waals surface area contributed by atoms with E-state index in [4.69, 9.17) is 13.9 Å². The van der Waals surface area contributed by atoms with Crippen LogP contribution in [0.25, 0.3) is 67.4 Å². The normalized spacial score (nSPS) is 11.2. The molecule has 2 heterocycles. The first-order valence-corrected chi connectivity index (χ1v) is 12.9. The average molecular weight is 537 g/mol. The second-order valence-electron chi connectivity index (χ2n) is 9.60. The highest BCUT2D eigenvalue weighted by Crippen LogP contribution is 2.32. The second kappa shape index (κ2) is 9.73. The van der Waals surface area contributed by atoms with Gasteiger partial charge in [-0.15, -0.1) is 0 Å². The number of fused-ring (bicyclic) bond motifs is 2. The van der Waals surface area contributed by atoms with Gasteiger partial charge in [0.1, 0.15) is 17.3 Å². The number of aromatic nitrogens is 2. The molecule has 0 fully saturated rings. The molecule has 0 atom stereocenters. The summed E-state index contributed by atoms with van der Waals surface area (Å²) in [6, 6.07) is 33.5. The minimum atomic E-state index is -0.949. The zero-order valence-corrected chi connectivity index (χ0v) is 21.4. The fourth-order valence-electron chi connectivity index (χ4n) is 4.77. The Labute approximate surface area is 233 Å². The van der Waals surface area contributed by atoms with E-state index >= 15 is 0 Å². The van der Waals surface area contributed by atoms with Crippen LogP contribution in [0.5, 0.6) is 0 Å². The lowest BCUT2D eigenvalue weighted by Crippen LogP contribution is -1.94. The Morgan fingerprint density at radius 2 is 0.927 bits per heavy atom. The van der Waals surface area contributed by atoms with Crippen molar-refractivity contribution in [3.63, 3.8) is 0 Å². The molecule has 0 spiro atoms. The van der Waals surface area contributed by atoms with E-state index < -0.39 is 5.97 Å². The van der Waals surface area contributed by atoms with E-state index in [9.17, 15) is 9.59 Å². The van der Waals surface area contributed by atoms with Crippen LogP contribution in [0.4, 0.5) is 0 Å². The Bertz CT molecular complexity index is 2000. The number of carbonyl (C=O) groups excluding carboxylic acids is 1. The molecule has 7 aromatic rings. The van der Waals surface area contributed by atoms with Crippen LogP contribution < -0.4 is 0 Å². The van der Waals surface area contributed by atoms with Gasteiger partial charge in [-0.3, -0.25) is 4.79 Å². The number of benzene rings is 5. The zero-order valence-electron chi connectivity index (χ0n) is 21.4. The van der Waals surface area contributed by atoms with Crippen molar-refractivity contribution in [3.8, 4) is 45.2 Å². The molecule has 0 amide bonds. The van der Waals surface area contributed by atoms with Gasteiger partial charge in [0.05, 0.1) is 5.56 Å². The maximum atomic E-state index is 11.1. The Kier molecular flexibility index (Phi) is 5.75. The lowest BCUT2D eigenvalue weighted by Gasteiger charge is -2.03. The molecular formula is C34H20N2O5. The maximum Gasteiger partial charge on any atom is 0.335 e. The number of carbonyl (C=O) groups is 2. The summed E-state index contributed by atoms with van der Waals surface area (Å²) in [6.07, 6.45) is 0.831. The summed E-state index contributed by atoms with van der Waals surface area (Å²) in [5.41, 5.74) is 9.04. The molecule has 0 radical (unpaired) electrons. The number of rotatable bonds is 6. The molecule has 7 nitrogen and oxygen atoms in total. The van der Waals surface area contributed by atoms with Gasteiger partial charge in [-0.25, -0.2) is 14.8 Å². The molecule has 1 N–H and O–H groups in total. The minimum absolute atomic E-state index is 0.251. The first-order valence-electron chi connectivity index (χ1n) is 12.9. The summed E-state index contributed by atoms with van der Waals surface area (Å²) in [5, 5.41) is 9.11. The molecule has 0 aliphatic heterocycles. The minimum Gasteiger partial charge on any atom is -0.478 e. The van der Waals surface area contributed by atoms with E-state index in [1.807, 2.05) is 72.8 Å². The highest BCUT2D eigenvalue weighted by molar-refractivity contribution is 5.91. The highest BCUT2D eigenvalue weighted by Gasteiger charge is 2.15. The van der Waals surface area contributed by atoms with Crippen LogP contribution in [0.3, 0.4) is 0 Å². The van der Waals surface area contributed by atoms with Crippen LogP contribution >= 0.6 is 0 Å². The van der Waals surface area contributed by atoms with Gasteiger partial charge in [0, 0.05) is 28.8 Å². The molecule has 0 aliphatic carbocycles. The van der Waals surface area contributed by atoms with Crippen molar-refractivity contribution >= 4 is 34.5 Å². The van der Waals surface area contributed by atoms with Crippen molar-refractivity contribution in [2.45, 2.75) is 0 Å². The van der Waals surface area contributed by atoms with Crippen LogP contribution in [-0.2, 0) is 0 Å². The standard InChI is InChI=1S/C34H20N2O5/c37-19-20-1-3-21(4-2-20)22-5-11-25(12-6-22)32-35-28-17-31-29(18-30(28)40-32)36-33(41-31)26-13-7-23(8-14-26)24-9-15-27(16-10-24)34(38)39/h1-19H,(H,38,39). The molecule has 0 saturated carbocycles. The van der Waals surface area contributed by atoms with E-state index in [1.54, 1.807) is 36.4 Å². The molecule has 0 aliphatic rings. The molecular weight excluding hydrogens is 516 g/mol. The monoisotopic (exact) mass is 536 g/mol. The van der Waals surface area contributed by atoms with Gasteiger partial charge in [0.2, 0.25) is 11.8 Å². The Morgan fingerprint density at radius 3 is 1.32 bits per heavy atom. The van der Waals surface area contributed by atoms with Gasteiger partial charge >= 0.3 is 5.97 Å². The van der Waals surface area contributed by atoms with Crippen molar-refractivity contribution < 1.29 is 23.5 Å². The van der Waals surface area contributed by atoms with Gasteiger partial charge < -0.3 is 13.9 Å². The third-order valence-electron chi connectivity index (χ3n) is 7.01. The van der Waals surface area contributed by atoms with Crippen molar-refractivity contribution in [1.82, 2.24) is 9.97 Å². The van der Waals surface area contributed by atoms with E-state index in [-0.39, 0.29) is 5.56 Å². The van der Waals surface area contributed by atoms with Crippen LogP contribution in [0.1, 0.15) is 20.7 Å². The second-order valence-corrected chi connectivity index (χ2v) is 9.60. The summed E-state index contributed by atoms with van der Waals surface area (Å²) >= 11 is 0. The predicted octanol–water partition coefficient (Wildman–Crippen LogP) is 8.15. The number of hydrogen-bond acceptors (Lipinski definition) is 6. The van der Waals surface area contributed by atoms with Crippen LogP contribution in [-0.4, -0.2) is 27.3 Å². The van der Waals surface area contributed by atoms with Crippen molar-refractivity contribution in [3.05, 3.63) is 120 Å². The molecule has 7 heteroatoms. The lowest BCUT2D eigenvalue weighted by atomic mass is 10.0. The third kappa shape index (κ3) is 4.55. The zero-order chi connectivity index (χ0) is 27.9. The smallest absolute Gasteiger partial charge is 0.335 e. The topological polar surface area (TPSA) is 106 Å². The van der Waals surface area contributed by atoms with E-state index in [0.717, 1.165) is 39.7 Å². The Balaban J connectivity index is 1.13. The SMILES string of the molecule is O=Cc1ccc(-c2ccc(-c3nc4cc5oc(-c6ccc(-c7ccc(C(=O)O)cc7)cc6)nc5cc4o3)cc2)cc1. The largest absolute Gasteiger partial charge is 0.478 e. The number of aromatic carboxylic acids is 1. The van der Waals surface area contributed by atoms with Gasteiger partial charge in [0.15, 0.2) is 11.2 Å². The van der Waals surface area contributed by atoms with Crippen molar-refractivity contribution in [2.75, 3.05) is 0 Å². The number of carboxylic acids is 1. The first kappa shape index (κ1) is 24.2. The van der Waals surface area contributed by atoms with Crippen LogP contribution in [0.15, 0.2) is 118 Å². The number of oxazole rings is 2. The lowest BCUT2D eigenvalue weighted by molar-refractivity contribution is 0.0696. The molecule has 196 valence electrons. The van der Waals surface area contributed by atoms with E-state index in [1.165, 1.54) is 0 Å². The van der Waals surface area contributed by atoms with Gasteiger partial charge in [-0.05, 0) is 58.7 Å². The third-order valence-corrected chi connectivity index (χ3v) is 7.01. The van der Waals surface area contributed by atoms with E-state index in [2.05, 4.69) is 9.97 Å². The van der Waals surface area contributed by atoms with Gasteiger partial charge in [0.25, 0.3) is 0 Å². The molecule has 0 unspecified atom stereocenters. The summed E-state index contributed by atoms with van der Waals surface area (Å²) in [7, 11) is 0. The highest BCUT2D eigenvalue weighted by atomic mass is 16.4. The summed E-state index contributed by atoms with van der Waals surface area (Å²) in [6.45, 7) is 0. The van der Waals surface area contributed by atoms with Crippen molar-refractivity contribution in [2.24, 2.45) is 0 Å². The van der Waals surface area contributed by atoms with Crippen molar-refractivity contribution in [1.29, 1.82) is 0 Å². The molecule has 2 aromatic heterocycles. The summed E-state index contributed by atoms with van der Waals surface area (Å²) in [5.74, 6) is 0.0373. The predicted molar refractivity (Wildman–Crippen MR) is 156 cm³/mol. The van der Waals surface area contributed by atoms with Crippen LogP contribution in [0, 0.1) is 0 Å². The summed E-state index contributed by atoms with van der Waals surface area (Å²) < 4.78 is 12.1. The van der Waals surface area contributed by atoms with Gasteiger partial charge in [-0.1, -0.05) is 60.7 Å². The van der Waals surface area contributed by atoms with E-state index in [0.29, 0.717) is 39.5 Å². The maximum absolute atomic E-state index is 11.1. The number of aldehydes is 1. The first-order chi connectivity index (χ1) is 20.0. The van der Waals surface area contributed by atoms with Gasteiger partial charge in [-0.2, -0.15) is 0 Å². The number of carboxylic acid groups (broad SMARTS) is 1. The number of hydrogen-bond donors (Lipinski definition) is 1. The molecule has 0 saturated heterocycles. The summed E-state index contributed by atoms with van der Waals surface area (Å²) in [4.78, 5) is 31.3. The quantitative estimate of drug-likeness (QED) is 0.214. The molecule has 0 bridgehead atoms. The Hall–Kier alpha value is -5.82. The molecule has 5 aromatic carbocycles. The molecule has 7 rings (SSSR count). The van der Waals surface area contributed by atoms with Crippen LogP contribution in [0.2, 0.25) is 0 Å². The average Bonchev–Trinajstić information content (AvgIpc) is 3.63. The number of nitrogens with zero attached hydrogens (tertiary/aromatic N) is 2. The molecule has 41 heavy (non-hydrogen) atoms. The fourth-order valence-corrected chi connectivity index (χ4v) is 4.77. The Morgan fingerprint density at radius 1 is 0.561 bits per heavy atom.